The third-order valence-corrected chi connectivity index (χ3v) is 6.55. The third kappa shape index (κ3) is 2.35. The Balaban J connectivity index is 1.71. The van der Waals surface area contributed by atoms with Gasteiger partial charge in [0, 0.05) is 33.1 Å². The highest BCUT2D eigenvalue weighted by atomic mass is 15.2. The number of hydrogen-bond donors (Lipinski definition) is 1. The lowest BCUT2D eigenvalue weighted by atomic mass is 9.94. The number of fused-ring (bicyclic) bond motifs is 9. The molecule has 2 heteroatoms. The van der Waals surface area contributed by atoms with Crippen LogP contribution in [0.5, 0.6) is 0 Å². The van der Waals surface area contributed by atoms with Gasteiger partial charge in [0.1, 0.15) is 0 Å². The van der Waals surface area contributed by atoms with E-state index in [1.54, 1.807) is 0 Å². The molecule has 1 N–H and O–H groups in total. The van der Waals surface area contributed by atoms with Crippen LogP contribution >= 0.6 is 0 Å². The van der Waals surface area contributed by atoms with Crippen molar-refractivity contribution in [3.63, 3.8) is 0 Å². The van der Waals surface area contributed by atoms with E-state index >= 15 is 0 Å². The molecule has 150 valence electrons. The number of nitrogens with one attached hydrogen (secondary N) is 1. The normalized spacial score (nSPS) is 12.3. The fraction of sp³-hybridized carbons (Fsp3) is 0. The number of nitrogens with zero attached hydrogens (tertiary/aromatic N) is 1. The Morgan fingerprint density at radius 3 is 1.97 bits per heavy atom. The van der Waals surface area contributed by atoms with Crippen molar-refractivity contribution >= 4 is 38.9 Å². The zero-order chi connectivity index (χ0) is 21.1. The van der Waals surface area contributed by atoms with Gasteiger partial charge in [-0.2, -0.15) is 0 Å². The van der Waals surface area contributed by atoms with Crippen LogP contribution in [0.2, 0.25) is 0 Å². The van der Waals surface area contributed by atoms with Gasteiger partial charge in [0.15, 0.2) is 0 Å². The molecular formula is C30H20N2. The first-order valence-corrected chi connectivity index (χ1v) is 11.0. The van der Waals surface area contributed by atoms with Gasteiger partial charge in [-0.25, -0.2) is 0 Å². The average molecular weight is 409 g/mol. The molecule has 2 heterocycles. The fourth-order valence-electron chi connectivity index (χ4n) is 5.17. The SMILES string of the molecule is c1ccc(N2c3ccccc3-c3ccccc3-c3ccc4c([nH]c5ccccc54)c32)cc1. The van der Waals surface area contributed by atoms with Gasteiger partial charge < -0.3 is 9.88 Å². The van der Waals surface area contributed by atoms with Gasteiger partial charge in [-0.1, -0.05) is 91.0 Å². The van der Waals surface area contributed by atoms with Crippen molar-refractivity contribution < 1.29 is 0 Å². The van der Waals surface area contributed by atoms with Crippen molar-refractivity contribution in [2.75, 3.05) is 4.90 Å². The van der Waals surface area contributed by atoms with Crippen LogP contribution in [0.4, 0.5) is 17.1 Å². The third-order valence-electron chi connectivity index (χ3n) is 6.55. The lowest BCUT2D eigenvalue weighted by Crippen LogP contribution is -2.11. The first-order chi connectivity index (χ1) is 15.9. The van der Waals surface area contributed by atoms with E-state index in [1.807, 2.05) is 0 Å². The van der Waals surface area contributed by atoms with Gasteiger partial charge in [-0.05, 0) is 35.4 Å². The highest BCUT2D eigenvalue weighted by Crippen LogP contribution is 2.53. The van der Waals surface area contributed by atoms with E-state index in [-0.39, 0.29) is 0 Å². The summed E-state index contributed by atoms with van der Waals surface area (Å²) in [6, 6.07) is 41.3. The second-order valence-corrected chi connectivity index (χ2v) is 8.29. The van der Waals surface area contributed by atoms with Crippen molar-refractivity contribution in [2.24, 2.45) is 0 Å². The van der Waals surface area contributed by atoms with Crippen LogP contribution in [0.25, 0.3) is 44.1 Å². The van der Waals surface area contributed by atoms with E-state index in [0.29, 0.717) is 0 Å². The van der Waals surface area contributed by atoms with E-state index in [0.717, 1.165) is 11.2 Å². The van der Waals surface area contributed by atoms with Crippen LogP contribution in [0.15, 0.2) is 115 Å². The van der Waals surface area contributed by atoms with Crippen LogP contribution < -0.4 is 4.90 Å². The maximum Gasteiger partial charge on any atom is 0.0782 e. The highest BCUT2D eigenvalue weighted by molar-refractivity contribution is 6.17. The molecule has 0 amide bonds. The number of benzene rings is 5. The summed E-state index contributed by atoms with van der Waals surface area (Å²) in [5.41, 5.74) is 10.9. The zero-order valence-electron chi connectivity index (χ0n) is 17.4. The molecule has 0 radical (unpaired) electrons. The van der Waals surface area contributed by atoms with Gasteiger partial charge in [-0.15, -0.1) is 0 Å². The molecule has 0 saturated heterocycles. The lowest BCUT2D eigenvalue weighted by Gasteiger charge is -2.27. The summed E-state index contributed by atoms with van der Waals surface area (Å²) in [6.45, 7) is 0. The molecule has 0 atom stereocenters. The number of para-hydroxylation sites is 3. The van der Waals surface area contributed by atoms with Crippen LogP contribution in [0.3, 0.4) is 0 Å². The molecule has 1 aliphatic heterocycles. The fourth-order valence-corrected chi connectivity index (χ4v) is 5.17. The number of H-pyrrole nitrogens is 1. The minimum Gasteiger partial charge on any atom is -0.353 e. The van der Waals surface area contributed by atoms with Crippen LogP contribution in [0.1, 0.15) is 0 Å². The molecular weight excluding hydrogens is 388 g/mol. The molecule has 0 saturated carbocycles. The number of anilines is 3. The Kier molecular flexibility index (Phi) is 3.58. The minimum absolute atomic E-state index is 1.15. The standard InChI is InChI=1S/C30H20N2/c1-2-10-20(11-3-1)32-28-17-9-7-15-24(28)21-12-4-5-13-22(21)26-19-18-25-23-14-6-8-16-27(23)31-29(25)30(26)32/h1-19,31H. The lowest BCUT2D eigenvalue weighted by molar-refractivity contribution is 1.30. The van der Waals surface area contributed by atoms with E-state index in [1.165, 1.54) is 49.9 Å². The zero-order valence-corrected chi connectivity index (χ0v) is 17.4. The molecule has 1 aliphatic rings. The van der Waals surface area contributed by atoms with Crippen molar-refractivity contribution in [1.29, 1.82) is 0 Å². The molecule has 6 aromatic rings. The molecule has 0 bridgehead atoms. The monoisotopic (exact) mass is 408 g/mol. The van der Waals surface area contributed by atoms with Crippen molar-refractivity contribution in [2.45, 2.75) is 0 Å². The first kappa shape index (κ1) is 17.4. The predicted octanol–water partition coefficient (Wildman–Crippen LogP) is 8.44. The summed E-state index contributed by atoms with van der Waals surface area (Å²) in [6.07, 6.45) is 0. The summed E-state index contributed by atoms with van der Waals surface area (Å²) in [5, 5.41) is 2.50. The summed E-state index contributed by atoms with van der Waals surface area (Å²) in [5.74, 6) is 0. The first-order valence-electron chi connectivity index (χ1n) is 11.0. The Bertz CT molecular complexity index is 1630. The van der Waals surface area contributed by atoms with Gasteiger partial charge >= 0.3 is 0 Å². The maximum atomic E-state index is 3.75. The van der Waals surface area contributed by atoms with E-state index in [4.69, 9.17) is 0 Å². The smallest absolute Gasteiger partial charge is 0.0782 e. The van der Waals surface area contributed by atoms with E-state index < -0.39 is 0 Å². The summed E-state index contributed by atoms with van der Waals surface area (Å²) < 4.78 is 0. The Hall–Kier alpha value is -4.30. The topological polar surface area (TPSA) is 19.0 Å². The minimum atomic E-state index is 1.15. The van der Waals surface area contributed by atoms with E-state index in [9.17, 15) is 0 Å². The van der Waals surface area contributed by atoms with Crippen molar-refractivity contribution in [1.82, 2.24) is 4.98 Å². The Morgan fingerprint density at radius 2 is 1.12 bits per heavy atom. The van der Waals surface area contributed by atoms with Crippen LogP contribution in [-0.4, -0.2) is 4.98 Å². The Morgan fingerprint density at radius 1 is 0.469 bits per heavy atom. The van der Waals surface area contributed by atoms with Gasteiger partial charge in [0.25, 0.3) is 0 Å². The van der Waals surface area contributed by atoms with Crippen molar-refractivity contribution in [3.05, 3.63) is 115 Å². The second kappa shape index (κ2) is 6.60. The predicted molar refractivity (Wildman–Crippen MR) is 135 cm³/mol. The molecule has 0 fully saturated rings. The molecule has 5 aromatic carbocycles. The van der Waals surface area contributed by atoms with Gasteiger partial charge in [0.05, 0.1) is 16.9 Å². The quantitative estimate of drug-likeness (QED) is 0.289. The van der Waals surface area contributed by atoms with Crippen LogP contribution in [0, 0.1) is 0 Å². The molecule has 0 spiro atoms. The second-order valence-electron chi connectivity index (χ2n) is 8.29. The summed E-state index contributed by atoms with van der Waals surface area (Å²) >= 11 is 0. The molecule has 1 aromatic heterocycles. The number of aromatic nitrogens is 1. The van der Waals surface area contributed by atoms with Crippen LogP contribution in [-0.2, 0) is 0 Å². The number of rotatable bonds is 1. The molecule has 0 unspecified atom stereocenters. The van der Waals surface area contributed by atoms with Crippen molar-refractivity contribution in [3.8, 4) is 22.3 Å². The van der Waals surface area contributed by atoms with Gasteiger partial charge in [0.2, 0.25) is 0 Å². The average Bonchev–Trinajstić information content (AvgIpc) is 3.18. The summed E-state index contributed by atoms with van der Waals surface area (Å²) in [4.78, 5) is 6.17. The van der Waals surface area contributed by atoms with Gasteiger partial charge in [-0.3, -0.25) is 0 Å². The van der Waals surface area contributed by atoms with E-state index in [2.05, 4.69) is 125 Å². The number of aromatic amines is 1. The molecule has 0 aliphatic carbocycles. The number of hydrogen-bond acceptors (Lipinski definition) is 1. The molecule has 2 nitrogen and oxygen atoms in total. The maximum absolute atomic E-state index is 3.75. The summed E-state index contributed by atoms with van der Waals surface area (Å²) in [7, 11) is 0. The molecule has 32 heavy (non-hydrogen) atoms. The highest BCUT2D eigenvalue weighted by Gasteiger charge is 2.28. The molecule has 7 rings (SSSR count). The Labute approximate surface area is 186 Å². The largest absolute Gasteiger partial charge is 0.353 e.